The number of sulfone groups is 1. The molecule has 0 radical (unpaired) electrons. The fourth-order valence-corrected chi connectivity index (χ4v) is 3.82. The molecule has 1 saturated heterocycles. The Kier molecular flexibility index (Phi) is 3.97. The average molecular weight is 269 g/mol. The average Bonchev–Trinajstić information content (AvgIpc) is 2.32. The van der Waals surface area contributed by atoms with Crippen LogP contribution in [0.4, 0.5) is 0 Å². The second kappa shape index (κ2) is 5.32. The summed E-state index contributed by atoms with van der Waals surface area (Å²) in [6, 6.07) is 0.356. The number of hydrogen-bond acceptors (Lipinski definition) is 5. The molecule has 18 heavy (non-hydrogen) atoms. The molecule has 0 bridgehead atoms. The van der Waals surface area contributed by atoms with Crippen LogP contribution in [0.5, 0.6) is 0 Å². The van der Waals surface area contributed by atoms with Crippen molar-refractivity contribution >= 4 is 9.84 Å². The van der Waals surface area contributed by atoms with E-state index in [2.05, 4.69) is 15.3 Å². The van der Waals surface area contributed by atoms with Crippen LogP contribution in [0.2, 0.25) is 0 Å². The summed E-state index contributed by atoms with van der Waals surface area (Å²) in [4.78, 5) is 8.55. The van der Waals surface area contributed by atoms with Crippen molar-refractivity contribution in [2.75, 3.05) is 11.5 Å². The molecule has 0 amide bonds. The number of nitrogens with one attached hydrogen (secondary N) is 1. The van der Waals surface area contributed by atoms with Crippen LogP contribution >= 0.6 is 0 Å². The van der Waals surface area contributed by atoms with Gasteiger partial charge in [0.1, 0.15) is 9.84 Å². The van der Waals surface area contributed by atoms with Gasteiger partial charge in [-0.15, -0.1) is 0 Å². The van der Waals surface area contributed by atoms with E-state index >= 15 is 0 Å². The van der Waals surface area contributed by atoms with Crippen LogP contribution in [0.15, 0.2) is 12.4 Å². The van der Waals surface area contributed by atoms with Crippen LogP contribution in [0.25, 0.3) is 0 Å². The Labute approximate surface area is 108 Å². The summed E-state index contributed by atoms with van der Waals surface area (Å²) in [6.45, 7) is 3.98. The van der Waals surface area contributed by atoms with E-state index in [0.717, 1.165) is 11.4 Å². The predicted molar refractivity (Wildman–Crippen MR) is 70.0 cm³/mol. The van der Waals surface area contributed by atoms with E-state index < -0.39 is 9.84 Å². The van der Waals surface area contributed by atoms with Crippen LogP contribution in [-0.2, 0) is 9.84 Å². The summed E-state index contributed by atoms with van der Waals surface area (Å²) in [6.07, 6.45) is 4.74. The van der Waals surface area contributed by atoms with Gasteiger partial charge in [0.25, 0.3) is 0 Å². The fraction of sp³-hybridized carbons (Fsp3) is 0.667. The van der Waals surface area contributed by atoms with Crippen LogP contribution in [-0.4, -0.2) is 35.9 Å². The highest BCUT2D eigenvalue weighted by Crippen LogP contribution is 2.18. The third kappa shape index (κ3) is 3.26. The van der Waals surface area contributed by atoms with E-state index in [1.54, 1.807) is 12.4 Å². The van der Waals surface area contributed by atoms with Gasteiger partial charge in [0, 0.05) is 24.5 Å². The quantitative estimate of drug-likeness (QED) is 0.886. The minimum Gasteiger partial charge on any atom is -0.306 e. The van der Waals surface area contributed by atoms with E-state index in [-0.39, 0.29) is 23.6 Å². The predicted octanol–water partition coefficient (Wildman–Crippen LogP) is 1.01. The lowest BCUT2D eigenvalue weighted by atomic mass is 10.1. The minimum atomic E-state index is -2.79. The molecule has 1 N–H and O–H groups in total. The van der Waals surface area contributed by atoms with Crippen molar-refractivity contribution in [2.45, 2.75) is 38.8 Å². The molecule has 0 saturated carbocycles. The number of nitrogens with zero attached hydrogens (tertiary/aromatic N) is 2. The molecule has 1 fully saturated rings. The highest BCUT2D eigenvalue weighted by molar-refractivity contribution is 7.91. The number of hydrogen-bond donors (Lipinski definition) is 1. The van der Waals surface area contributed by atoms with Gasteiger partial charge in [0.15, 0.2) is 0 Å². The van der Waals surface area contributed by atoms with E-state index in [9.17, 15) is 8.42 Å². The summed E-state index contributed by atoms with van der Waals surface area (Å²) in [5.74, 6) is 0.577. The molecule has 5 nitrogen and oxygen atoms in total. The fourth-order valence-electron chi connectivity index (χ4n) is 2.33. The molecule has 2 heterocycles. The van der Waals surface area contributed by atoms with Crippen LogP contribution in [0.3, 0.4) is 0 Å². The Morgan fingerprint density at radius 3 is 2.50 bits per heavy atom. The van der Waals surface area contributed by atoms with Crippen LogP contribution in [0, 0.1) is 6.92 Å². The summed E-state index contributed by atoms with van der Waals surface area (Å²) < 4.78 is 22.7. The Bertz CT molecular complexity index is 502. The van der Waals surface area contributed by atoms with Gasteiger partial charge in [-0.1, -0.05) is 0 Å². The molecule has 1 aromatic heterocycles. The Morgan fingerprint density at radius 2 is 1.89 bits per heavy atom. The Balaban J connectivity index is 1.97. The summed E-state index contributed by atoms with van der Waals surface area (Å²) in [7, 11) is -2.79. The van der Waals surface area contributed by atoms with Gasteiger partial charge in [-0.2, -0.15) is 0 Å². The van der Waals surface area contributed by atoms with Crippen molar-refractivity contribution < 1.29 is 8.42 Å². The molecule has 1 atom stereocenters. The first-order valence-corrected chi connectivity index (χ1v) is 8.04. The second-order valence-electron chi connectivity index (χ2n) is 4.84. The normalized spacial score (nSPS) is 21.7. The summed E-state index contributed by atoms with van der Waals surface area (Å²) in [5.41, 5.74) is 1.85. The van der Waals surface area contributed by atoms with Gasteiger partial charge in [-0.05, 0) is 26.7 Å². The third-order valence-corrected chi connectivity index (χ3v) is 5.09. The maximum atomic E-state index is 11.4. The van der Waals surface area contributed by atoms with E-state index in [0.29, 0.717) is 12.8 Å². The lowest BCUT2D eigenvalue weighted by molar-refractivity contribution is 0.414. The second-order valence-corrected chi connectivity index (χ2v) is 7.15. The van der Waals surface area contributed by atoms with E-state index in [4.69, 9.17) is 0 Å². The van der Waals surface area contributed by atoms with Crippen molar-refractivity contribution in [3.63, 3.8) is 0 Å². The Morgan fingerprint density at radius 1 is 1.28 bits per heavy atom. The largest absolute Gasteiger partial charge is 0.306 e. The highest BCUT2D eigenvalue weighted by Gasteiger charge is 2.25. The zero-order valence-corrected chi connectivity index (χ0v) is 11.6. The number of aryl methyl sites for hydroxylation is 1. The van der Waals surface area contributed by atoms with Gasteiger partial charge in [0.05, 0.1) is 22.9 Å². The lowest BCUT2D eigenvalue weighted by Crippen LogP contribution is -2.39. The van der Waals surface area contributed by atoms with Crippen molar-refractivity contribution in [1.29, 1.82) is 0 Å². The first-order chi connectivity index (χ1) is 8.48. The molecule has 0 aliphatic carbocycles. The van der Waals surface area contributed by atoms with Gasteiger partial charge in [-0.25, -0.2) is 8.42 Å². The minimum absolute atomic E-state index is 0.101. The first-order valence-electron chi connectivity index (χ1n) is 6.22. The van der Waals surface area contributed by atoms with Crippen molar-refractivity contribution in [1.82, 2.24) is 15.3 Å². The maximum absolute atomic E-state index is 11.4. The smallest absolute Gasteiger partial charge is 0.150 e. The topological polar surface area (TPSA) is 72.0 Å². The highest BCUT2D eigenvalue weighted by atomic mass is 32.2. The number of rotatable bonds is 3. The Hall–Kier alpha value is -1.01. The van der Waals surface area contributed by atoms with Gasteiger partial charge >= 0.3 is 0 Å². The summed E-state index contributed by atoms with van der Waals surface area (Å²) >= 11 is 0. The van der Waals surface area contributed by atoms with Crippen LogP contribution in [0.1, 0.15) is 37.2 Å². The van der Waals surface area contributed by atoms with Gasteiger partial charge in [0.2, 0.25) is 0 Å². The van der Waals surface area contributed by atoms with E-state index in [1.807, 2.05) is 13.8 Å². The monoisotopic (exact) mass is 269 g/mol. The van der Waals surface area contributed by atoms with Crippen molar-refractivity contribution in [3.05, 3.63) is 23.8 Å². The molecular formula is C12H19N3O2S. The molecule has 100 valence electrons. The zero-order chi connectivity index (χ0) is 13.2. The summed E-state index contributed by atoms with van der Waals surface area (Å²) in [5, 5.41) is 3.45. The molecule has 1 aromatic rings. The molecular weight excluding hydrogens is 250 g/mol. The first kappa shape index (κ1) is 13.4. The van der Waals surface area contributed by atoms with Crippen molar-refractivity contribution in [3.8, 4) is 0 Å². The molecule has 0 aromatic carbocycles. The molecule has 1 unspecified atom stereocenters. The van der Waals surface area contributed by atoms with E-state index in [1.165, 1.54) is 0 Å². The SMILES string of the molecule is Cc1nccnc1C(C)NC1CCS(=O)(=O)CC1. The standard InChI is InChI=1S/C12H19N3O2S/c1-9-12(14-6-5-13-9)10(2)15-11-3-7-18(16,17)8-4-11/h5-6,10-11,15H,3-4,7-8H2,1-2H3. The molecule has 2 rings (SSSR count). The molecule has 6 heteroatoms. The maximum Gasteiger partial charge on any atom is 0.150 e. The third-order valence-electron chi connectivity index (χ3n) is 3.37. The van der Waals surface area contributed by atoms with Crippen molar-refractivity contribution in [2.24, 2.45) is 0 Å². The van der Waals surface area contributed by atoms with Gasteiger partial charge < -0.3 is 5.32 Å². The molecule has 1 aliphatic rings. The molecule has 1 aliphatic heterocycles. The number of aromatic nitrogens is 2. The molecule has 0 spiro atoms. The van der Waals surface area contributed by atoms with Gasteiger partial charge in [-0.3, -0.25) is 9.97 Å². The zero-order valence-electron chi connectivity index (χ0n) is 10.8. The van der Waals surface area contributed by atoms with Crippen LogP contribution < -0.4 is 5.32 Å². The lowest BCUT2D eigenvalue weighted by Gasteiger charge is -2.26.